The van der Waals surface area contributed by atoms with Crippen LogP contribution in [0.1, 0.15) is 5.56 Å². The summed E-state index contributed by atoms with van der Waals surface area (Å²) in [6, 6.07) is 15.7. The number of fused-ring (bicyclic) bond motifs is 1. The van der Waals surface area contributed by atoms with Crippen LogP contribution in [0.5, 0.6) is 0 Å². The van der Waals surface area contributed by atoms with Gasteiger partial charge in [0.05, 0.1) is 17.4 Å². The second-order valence-corrected chi connectivity index (χ2v) is 6.47. The van der Waals surface area contributed by atoms with Crippen LogP contribution < -0.4 is 27.4 Å². The van der Waals surface area contributed by atoms with Crippen molar-refractivity contribution >= 4 is 39.9 Å². The van der Waals surface area contributed by atoms with Crippen molar-refractivity contribution in [1.82, 2.24) is 31.1 Å². The number of nitrogens with one attached hydrogen (secondary N) is 5. The molecule has 0 amide bonds. The highest BCUT2D eigenvalue weighted by molar-refractivity contribution is 5.92. The maximum Gasteiger partial charge on any atom is 0.229 e. The third-order valence-electron chi connectivity index (χ3n) is 4.47. The Balaban J connectivity index is 1.45. The maximum atomic E-state index is 5.28. The molecule has 0 fully saturated rings. The molecular weight excluding hydrogens is 380 g/mol. The molecule has 152 valence electrons. The Kier molecular flexibility index (Phi) is 5.78. The molecule has 0 saturated carbocycles. The number of aromatic amines is 1. The van der Waals surface area contributed by atoms with E-state index in [1.54, 1.807) is 19.4 Å². The van der Waals surface area contributed by atoms with E-state index in [0.717, 1.165) is 33.7 Å². The van der Waals surface area contributed by atoms with Crippen LogP contribution in [0.15, 0.2) is 65.9 Å². The standard InChI is InChI=1S/C20H22N10/c1-22-19(29-30-21)11-13-5-7-14(8-6-13)25-20-23-10-9-18(27-20)26-16-3-2-4-17-15(16)12-24-28-17/h2-10,12,30H,11,21H2,1H3,(H,22,29)(H,24,28)(H2,23,25,26,27). The quantitative estimate of drug-likeness (QED) is 0.120. The van der Waals surface area contributed by atoms with Crippen molar-refractivity contribution in [3.63, 3.8) is 0 Å². The molecule has 10 nitrogen and oxygen atoms in total. The minimum atomic E-state index is 0.497. The molecule has 0 aliphatic rings. The van der Waals surface area contributed by atoms with Gasteiger partial charge < -0.3 is 10.6 Å². The molecule has 4 rings (SSSR count). The highest BCUT2D eigenvalue weighted by Crippen LogP contribution is 2.24. The van der Waals surface area contributed by atoms with Gasteiger partial charge in [0.25, 0.3) is 0 Å². The fourth-order valence-corrected chi connectivity index (χ4v) is 2.99. The zero-order valence-corrected chi connectivity index (χ0v) is 16.3. The Morgan fingerprint density at radius 2 is 1.97 bits per heavy atom. The largest absolute Gasteiger partial charge is 0.339 e. The Morgan fingerprint density at radius 3 is 2.77 bits per heavy atom. The fourth-order valence-electron chi connectivity index (χ4n) is 2.99. The first-order valence-electron chi connectivity index (χ1n) is 9.30. The zero-order valence-electron chi connectivity index (χ0n) is 16.3. The van der Waals surface area contributed by atoms with Gasteiger partial charge in [-0.1, -0.05) is 18.2 Å². The van der Waals surface area contributed by atoms with Crippen LogP contribution in [0.3, 0.4) is 0 Å². The third kappa shape index (κ3) is 4.51. The monoisotopic (exact) mass is 402 g/mol. The number of aliphatic imine (C=N–C) groups is 1. The van der Waals surface area contributed by atoms with Gasteiger partial charge in [0.15, 0.2) is 0 Å². The molecule has 30 heavy (non-hydrogen) atoms. The zero-order chi connectivity index (χ0) is 20.8. The minimum Gasteiger partial charge on any atom is -0.339 e. The van der Waals surface area contributed by atoms with Gasteiger partial charge in [-0.25, -0.2) is 4.98 Å². The van der Waals surface area contributed by atoms with Gasteiger partial charge in [0.2, 0.25) is 5.95 Å². The van der Waals surface area contributed by atoms with E-state index in [4.69, 9.17) is 5.84 Å². The number of hydrogen-bond acceptors (Lipinski definition) is 8. The molecular formula is C20H22N10. The van der Waals surface area contributed by atoms with E-state index in [2.05, 4.69) is 46.8 Å². The molecule has 0 bridgehead atoms. The molecule has 0 saturated heterocycles. The number of nitrogens with two attached hydrogens (primary N) is 1. The van der Waals surface area contributed by atoms with Gasteiger partial charge in [-0.2, -0.15) is 15.6 Å². The van der Waals surface area contributed by atoms with E-state index in [0.29, 0.717) is 18.2 Å². The van der Waals surface area contributed by atoms with E-state index in [-0.39, 0.29) is 0 Å². The Bertz CT molecular complexity index is 1150. The lowest BCUT2D eigenvalue weighted by atomic mass is 10.1. The van der Waals surface area contributed by atoms with Crippen molar-refractivity contribution in [2.24, 2.45) is 10.8 Å². The lowest BCUT2D eigenvalue weighted by molar-refractivity contribution is 0.687. The summed E-state index contributed by atoms with van der Waals surface area (Å²) in [7, 11) is 1.71. The van der Waals surface area contributed by atoms with Gasteiger partial charge >= 0.3 is 0 Å². The van der Waals surface area contributed by atoms with Crippen molar-refractivity contribution in [2.75, 3.05) is 17.7 Å². The number of hydrogen-bond donors (Lipinski definition) is 6. The summed E-state index contributed by atoms with van der Waals surface area (Å²) in [5, 5.41) is 14.6. The molecule has 2 aromatic carbocycles. The molecule has 0 atom stereocenters. The molecule has 4 aromatic rings. The smallest absolute Gasteiger partial charge is 0.229 e. The molecule has 7 N–H and O–H groups in total. The highest BCUT2D eigenvalue weighted by Gasteiger charge is 2.06. The number of nitrogens with zero attached hydrogens (tertiary/aromatic N) is 4. The maximum absolute atomic E-state index is 5.28. The number of amidine groups is 1. The second-order valence-electron chi connectivity index (χ2n) is 6.47. The summed E-state index contributed by atoms with van der Waals surface area (Å²) >= 11 is 0. The summed E-state index contributed by atoms with van der Waals surface area (Å²) in [5.41, 5.74) is 9.05. The summed E-state index contributed by atoms with van der Waals surface area (Å²) in [5.74, 6) is 7.20. The van der Waals surface area contributed by atoms with E-state index in [1.807, 2.05) is 48.5 Å². The average molecular weight is 402 g/mol. The number of anilines is 4. The molecule has 10 heteroatoms. The number of hydrazine groups is 2. The summed E-state index contributed by atoms with van der Waals surface area (Å²) in [4.78, 5) is 13.0. The average Bonchev–Trinajstić information content (AvgIpc) is 3.25. The van der Waals surface area contributed by atoms with E-state index in [9.17, 15) is 0 Å². The summed E-state index contributed by atoms with van der Waals surface area (Å²) in [6.45, 7) is 0. The first-order chi connectivity index (χ1) is 14.7. The van der Waals surface area contributed by atoms with E-state index in [1.165, 1.54) is 0 Å². The molecule has 0 radical (unpaired) electrons. The third-order valence-corrected chi connectivity index (χ3v) is 4.47. The van der Waals surface area contributed by atoms with Crippen molar-refractivity contribution in [3.8, 4) is 0 Å². The fraction of sp³-hybridized carbons (Fsp3) is 0.100. The van der Waals surface area contributed by atoms with Gasteiger partial charge in [0.1, 0.15) is 11.7 Å². The van der Waals surface area contributed by atoms with Gasteiger partial charge in [0, 0.05) is 30.7 Å². The van der Waals surface area contributed by atoms with Gasteiger partial charge in [-0.15, -0.1) is 0 Å². The molecule has 2 heterocycles. The first kappa shape index (κ1) is 19.3. The van der Waals surface area contributed by atoms with Crippen LogP contribution in [0.4, 0.5) is 23.1 Å². The van der Waals surface area contributed by atoms with Crippen LogP contribution in [-0.2, 0) is 6.42 Å². The van der Waals surface area contributed by atoms with Crippen LogP contribution in [0, 0.1) is 0 Å². The molecule has 0 unspecified atom stereocenters. The predicted octanol–water partition coefficient (Wildman–Crippen LogP) is 2.38. The topological polar surface area (TPSA) is 141 Å². The minimum absolute atomic E-state index is 0.497. The lowest BCUT2D eigenvalue weighted by Crippen LogP contribution is -2.43. The Morgan fingerprint density at radius 1 is 1.10 bits per heavy atom. The molecule has 0 spiro atoms. The van der Waals surface area contributed by atoms with Gasteiger partial charge in [-0.05, 0) is 35.9 Å². The number of aromatic nitrogens is 4. The van der Waals surface area contributed by atoms with Gasteiger partial charge in [-0.3, -0.25) is 21.4 Å². The number of H-pyrrole nitrogens is 1. The predicted molar refractivity (Wildman–Crippen MR) is 119 cm³/mol. The first-order valence-corrected chi connectivity index (χ1v) is 9.30. The second kappa shape index (κ2) is 8.99. The van der Waals surface area contributed by atoms with E-state index >= 15 is 0 Å². The normalized spacial score (nSPS) is 11.5. The van der Waals surface area contributed by atoms with E-state index < -0.39 is 0 Å². The van der Waals surface area contributed by atoms with Crippen LogP contribution in [0.2, 0.25) is 0 Å². The van der Waals surface area contributed by atoms with Crippen molar-refractivity contribution in [1.29, 1.82) is 0 Å². The van der Waals surface area contributed by atoms with Crippen molar-refractivity contribution < 1.29 is 0 Å². The summed E-state index contributed by atoms with van der Waals surface area (Å²) < 4.78 is 0. The molecule has 2 aromatic heterocycles. The van der Waals surface area contributed by atoms with Crippen LogP contribution in [0.25, 0.3) is 10.9 Å². The van der Waals surface area contributed by atoms with Crippen LogP contribution in [-0.4, -0.2) is 33.0 Å². The molecule has 0 aliphatic carbocycles. The van der Waals surface area contributed by atoms with Crippen LogP contribution >= 0.6 is 0 Å². The SMILES string of the molecule is CN=C(Cc1ccc(Nc2nccc(Nc3cccc4[nH]ncc34)n2)cc1)NNN. The Hall–Kier alpha value is -4.02. The molecule has 0 aliphatic heterocycles. The highest BCUT2D eigenvalue weighted by atomic mass is 15.5. The lowest BCUT2D eigenvalue weighted by Gasteiger charge is -2.10. The van der Waals surface area contributed by atoms with Crippen molar-refractivity contribution in [2.45, 2.75) is 6.42 Å². The number of benzene rings is 2. The van der Waals surface area contributed by atoms with Crippen molar-refractivity contribution in [3.05, 3.63) is 66.5 Å². The Labute approximate surface area is 173 Å². The number of rotatable bonds is 7. The summed E-state index contributed by atoms with van der Waals surface area (Å²) in [6.07, 6.45) is 4.13.